The Hall–Kier alpha value is -1.82. The molecule has 0 radical (unpaired) electrons. The number of rotatable bonds is 2. The van der Waals surface area contributed by atoms with Crippen LogP contribution in [0, 0.1) is 0 Å². The number of carbonyl (C=O) groups is 1. The van der Waals surface area contributed by atoms with E-state index in [1.54, 1.807) is 18.2 Å². The van der Waals surface area contributed by atoms with E-state index in [1.807, 2.05) is 0 Å². The highest BCUT2D eigenvalue weighted by molar-refractivity contribution is 5.98. The second kappa shape index (κ2) is 4.70. The van der Waals surface area contributed by atoms with Gasteiger partial charge in [-0.05, 0) is 12.1 Å². The minimum absolute atomic E-state index is 0.00852. The van der Waals surface area contributed by atoms with Gasteiger partial charge in [-0.1, -0.05) is 6.07 Å². The van der Waals surface area contributed by atoms with Gasteiger partial charge in [0.25, 0.3) is 5.91 Å². The number of aliphatic hydroxyl groups excluding tert-OH is 1. The van der Waals surface area contributed by atoms with Gasteiger partial charge in [-0.2, -0.15) is 0 Å². The molecule has 1 saturated heterocycles. The van der Waals surface area contributed by atoms with Crippen LogP contribution in [0.3, 0.4) is 0 Å². The molecule has 0 bridgehead atoms. The first-order valence-electron chi connectivity index (χ1n) is 6.15. The zero-order valence-corrected chi connectivity index (χ0v) is 10.2. The van der Waals surface area contributed by atoms with Crippen LogP contribution in [0.15, 0.2) is 18.2 Å². The first-order valence-corrected chi connectivity index (χ1v) is 6.15. The number of hydrogen-bond donors (Lipinski definition) is 1. The minimum Gasteiger partial charge on any atom is -0.454 e. The molecule has 0 aromatic heterocycles. The van der Waals surface area contributed by atoms with Crippen molar-refractivity contribution < 1.29 is 23.8 Å². The van der Waals surface area contributed by atoms with Crippen LogP contribution < -0.4 is 9.47 Å². The van der Waals surface area contributed by atoms with Crippen LogP contribution >= 0.6 is 0 Å². The van der Waals surface area contributed by atoms with Crippen molar-refractivity contribution in [2.75, 3.05) is 19.9 Å². The molecule has 1 aromatic carbocycles. The maximum absolute atomic E-state index is 13.4. The Morgan fingerprint density at radius 3 is 3.11 bits per heavy atom. The Bertz CT molecular complexity index is 507. The van der Waals surface area contributed by atoms with Crippen LogP contribution in [0.25, 0.3) is 0 Å². The minimum atomic E-state index is -1.09. The number of fused-ring (bicyclic) bond motifs is 1. The fourth-order valence-corrected chi connectivity index (χ4v) is 2.53. The summed E-state index contributed by atoms with van der Waals surface area (Å²) < 4.78 is 23.9. The maximum atomic E-state index is 13.4. The molecule has 19 heavy (non-hydrogen) atoms. The molecular formula is C13H14FNO4. The van der Waals surface area contributed by atoms with Gasteiger partial charge in [0, 0.05) is 6.42 Å². The summed E-state index contributed by atoms with van der Waals surface area (Å²) in [6, 6.07) is 4.55. The van der Waals surface area contributed by atoms with Crippen LogP contribution in [0.1, 0.15) is 16.8 Å². The van der Waals surface area contributed by atoms with E-state index < -0.39 is 12.2 Å². The Morgan fingerprint density at radius 1 is 1.47 bits per heavy atom. The second-order valence-corrected chi connectivity index (χ2v) is 4.67. The zero-order chi connectivity index (χ0) is 13.4. The molecule has 0 spiro atoms. The fraction of sp³-hybridized carbons (Fsp3) is 0.462. The number of nitrogens with zero attached hydrogens (tertiary/aromatic N) is 1. The highest BCUT2D eigenvalue weighted by Gasteiger charge is 2.37. The first-order chi connectivity index (χ1) is 9.20. The van der Waals surface area contributed by atoms with E-state index in [4.69, 9.17) is 9.47 Å². The third kappa shape index (κ3) is 2.02. The molecule has 5 nitrogen and oxygen atoms in total. The standard InChI is InChI=1S/C13H14FNO4/c14-8-4-9(6-16)15(5-8)13(17)10-2-1-3-11-12(10)19-7-18-11/h1-3,8-9,16H,4-7H2/t8-,9-/m0/s1. The lowest BCUT2D eigenvalue weighted by atomic mass is 10.1. The molecule has 2 aliphatic heterocycles. The molecule has 102 valence electrons. The van der Waals surface area contributed by atoms with Crippen LogP contribution in [-0.4, -0.2) is 48.1 Å². The Labute approximate surface area is 109 Å². The maximum Gasteiger partial charge on any atom is 0.258 e. The summed E-state index contributed by atoms with van der Waals surface area (Å²) in [6.45, 7) is -0.151. The molecule has 0 aliphatic carbocycles. The summed E-state index contributed by atoms with van der Waals surface area (Å²) in [7, 11) is 0. The fourth-order valence-electron chi connectivity index (χ4n) is 2.53. The van der Waals surface area contributed by atoms with E-state index in [0.717, 1.165) is 0 Å². The Balaban J connectivity index is 1.90. The summed E-state index contributed by atoms with van der Waals surface area (Å²) in [5.74, 6) is 0.579. The lowest BCUT2D eigenvalue weighted by molar-refractivity contribution is 0.0668. The normalized spacial score (nSPS) is 24.8. The molecule has 1 N–H and O–H groups in total. The second-order valence-electron chi connectivity index (χ2n) is 4.67. The predicted octanol–water partition coefficient (Wildman–Crippen LogP) is 0.960. The predicted molar refractivity (Wildman–Crippen MR) is 64.0 cm³/mol. The number of carbonyl (C=O) groups excluding carboxylic acids is 1. The van der Waals surface area contributed by atoms with E-state index in [2.05, 4.69) is 0 Å². The van der Waals surface area contributed by atoms with Crippen LogP contribution in [-0.2, 0) is 0 Å². The quantitative estimate of drug-likeness (QED) is 0.867. The largest absolute Gasteiger partial charge is 0.454 e. The number of alkyl halides is 1. The van der Waals surface area contributed by atoms with Crippen molar-refractivity contribution in [1.82, 2.24) is 4.90 Å². The zero-order valence-electron chi connectivity index (χ0n) is 10.2. The molecular weight excluding hydrogens is 253 g/mol. The van der Waals surface area contributed by atoms with Crippen molar-refractivity contribution in [2.24, 2.45) is 0 Å². The van der Waals surface area contributed by atoms with Gasteiger partial charge in [0.1, 0.15) is 6.17 Å². The summed E-state index contributed by atoms with van der Waals surface area (Å²) in [5, 5.41) is 9.23. The number of halogens is 1. The van der Waals surface area contributed by atoms with Crippen molar-refractivity contribution in [3.05, 3.63) is 23.8 Å². The van der Waals surface area contributed by atoms with Gasteiger partial charge >= 0.3 is 0 Å². The van der Waals surface area contributed by atoms with Gasteiger partial charge in [-0.3, -0.25) is 4.79 Å². The van der Waals surface area contributed by atoms with E-state index >= 15 is 0 Å². The molecule has 1 amide bonds. The highest BCUT2D eigenvalue weighted by atomic mass is 19.1. The Kier molecular flexibility index (Phi) is 3.02. The average Bonchev–Trinajstić information content (AvgIpc) is 3.03. The van der Waals surface area contributed by atoms with E-state index in [1.165, 1.54) is 4.90 Å². The van der Waals surface area contributed by atoms with E-state index in [-0.39, 0.29) is 32.3 Å². The lowest BCUT2D eigenvalue weighted by Crippen LogP contribution is -2.38. The molecule has 1 fully saturated rings. The van der Waals surface area contributed by atoms with Crippen LogP contribution in [0.4, 0.5) is 4.39 Å². The summed E-state index contributed by atoms with van der Waals surface area (Å²) in [6.07, 6.45) is -0.913. The third-order valence-electron chi connectivity index (χ3n) is 3.46. The van der Waals surface area contributed by atoms with E-state index in [0.29, 0.717) is 17.1 Å². The van der Waals surface area contributed by atoms with Gasteiger partial charge in [0.05, 0.1) is 24.8 Å². The lowest BCUT2D eigenvalue weighted by Gasteiger charge is -2.23. The van der Waals surface area contributed by atoms with Crippen LogP contribution in [0.5, 0.6) is 11.5 Å². The van der Waals surface area contributed by atoms with Gasteiger partial charge in [0.15, 0.2) is 11.5 Å². The van der Waals surface area contributed by atoms with Crippen molar-refractivity contribution >= 4 is 5.91 Å². The number of ether oxygens (including phenoxy) is 2. The van der Waals surface area contributed by atoms with Gasteiger partial charge in [-0.15, -0.1) is 0 Å². The number of likely N-dealkylation sites (tertiary alicyclic amines) is 1. The smallest absolute Gasteiger partial charge is 0.258 e. The molecule has 3 rings (SSSR count). The van der Waals surface area contributed by atoms with Gasteiger partial charge < -0.3 is 19.5 Å². The number of para-hydroxylation sites is 1. The van der Waals surface area contributed by atoms with Crippen molar-refractivity contribution in [3.63, 3.8) is 0 Å². The molecule has 0 unspecified atom stereocenters. The van der Waals surface area contributed by atoms with Crippen molar-refractivity contribution in [3.8, 4) is 11.5 Å². The summed E-state index contributed by atoms with van der Waals surface area (Å²) in [4.78, 5) is 13.8. The molecule has 2 heterocycles. The average molecular weight is 267 g/mol. The topological polar surface area (TPSA) is 59.0 Å². The third-order valence-corrected chi connectivity index (χ3v) is 3.46. The van der Waals surface area contributed by atoms with Gasteiger partial charge in [-0.25, -0.2) is 4.39 Å². The molecule has 6 heteroatoms. The molecule has 0 saturated carbocycles. The highest BCUT2D eigenvalue weighted by Crippen LogP contribution is 2.36. The van der Waals surface area contributed by atoms with Gasteiger partial charge in [0.2, 0.25) is 6.79 Å². The number of benzene rings is 1. The first kappa shape index (κ1) is 12.2. The number of hydrogen-bond acceptors (Lipinski definition) is 4. The molecule has 2 atom stereocenters. The monoisotopic (exact) mass is 267 g/mol. The summed E-state index contributed by atoms with van der Waals surface area (Å²) in [5.41, 5.74) is 0.350. The van der Waals surface area contributed by atoms with Crippen molar-refractivity contribution in [2.45, 2.75) is 18.6 Å². The molecule has 2 aliphatic rings. The van der Waals surface area contributed by atoms with Crippen molar-refractivity contribution in [1.29, 1.82) is 0 Å². The van der Waals surface area contributed by atoms with E-state index in [9.17, 15) is 14.3 Å². The SMILES string of the molecule is O=C(c1cccc2c1OCO2)N1C[C@@H](F)C[C@H]1CO. The molecule has 1 aromatic rings. The number of aliphatic hydroxyl groups is 1. The van der Waals surface area contributed by atoms with Crippen LogP contribution in [0.2, 0.25) is 0 Å². The summed E-state index contributed by atoms with van der Waals surface area (Å²) >= 11 is 0. The Morgan fingerprint density at radius 2 is 2.32 bits per heavy atom. The number of amides is 1.